The maximum atomic E-state index is 12.8. The zero-order valence-electron chi connectivity index (χ0n) is 16.6. The zero-order valence-corrected chi connectivity index (χ0v) is 16.6. The summed E-state index contributed by atoms with van der Waals surface area (Å²) in [4.78, 5) is 40.7. The van der Waals surface area contributed by atoms with E-state index in [4.69, 9.17) is 9.47 Å². The highest BCUT2D eigenvalue weighted by Crippen LogP contribution is 2.28. The minimum Gasteiger partial charge on any atom is -0.497 e. The van der Waals surface area contributed by atoms with E-state index in [9.17, 15) is 14.4 Å². The molecule has 0 bridgehead atoms. The van der Waals surface area contributed by atoms with Crippen LogP contribution < -0.4 is 15.4 Å². The third kappa shape index (κ3) is 4.91. The Morgan fingerprint density at radius 3 is 2.50 bits per heavy atom. The Hall–Kier alpha value is -3.94. The van der Waals surface area contributed by atoms with Crippen LogP contribution >= 0.6 is 0 Å². The lowest BCUT2D eigenvalue weighted by Crippen LogP contribution is -2.41. The number of carbonyl (C=O) groups is 3. The molecule has 0 atom stereocenters. The summed E-state index contributed by atoms with van der Waals surface area (Å²) >= 11 is 0. The zero-order chi connectivity index (χ0) is 21.5. The van der Waals surface area contributed by atoms with E-state index in [1.807, 2.05) is 30.3 Å². The van der Waals surface area contributed by atoms with Gasteiger partial charge in [-0.3, -0.25) is 10.1 Å². The molecule has 3 rings (SSSR count). The first-order valence-electron chi connectivity index (χ1n) is 9.31. The second-order valence-corrected chi connectivity index (χ2v) is 6.29. The second kappa shape index (κ2) is 9.51. The van der Waals surface area contributed by atoms with Gasteiger partial charge in [0.15, 0.2) is 6.61 Å². The first-order chi connectivity index (χ1) is 14.5. The molecule has 8 heteroatoms. The van der Waals surface area contributed by atoms with Crippen molar-refractivity contribution in [3.8, 4) is 17.0 Å². The van der Waals surface area contributed by atoms with Crippen LogP contribution in [0.5, 0.6) is 5.75 Å². The summed E-state index contributed by atoms with van der Waals surface area (Å²) in [7, 11) is 1.52. The molecule has 0 aliphatic heterocycles. The van der Waals surface area contributed by atoms with Crippen molar-refractivity contribution in [2.45, 2.75) is 6.92 Å². The van der Waals surface area contributed by atoms with Gasteiger partial charge in [-0.15, -0.1) is 0 Å². The van der Waals surface area contributed by atoms with Crippen molar-refractivity contribution in [2.24, 2.45) is 0 Å². The van der Waals surface area contributed by atoms with E-state index in [2.05, 4.69) is 15.6 Å². The van der Waals surface area contributed by atoms with Gasteiger partial charge in [0.25, 0.3) is 5.91 Å². The summed E-state index contributed by atoms with van der Waals surface area (Å²) in [6, 6.07) is 15.5. The lowest BCUT2D eigenvalue weighted by molar-refractivity contribution is -0.123. The Morgan fingerprint density at radius 2 is 1.80 bits per heavy atom. The molecule has 1 aromatic heterocycles. The van der Waals surface area contributed by atoms with Crippen molar-refractivity contribution in [3.05, 3.63) is 60.2 Å². The number of amides is 3. The molecule has 0 aliphatic carbocycles. The van der Waals surface area contributed by atoms with E-state index in [0.29, 0.717) is 28.9 Å². The average Bonchev–Trinajstić information content (AvgIpc) is 2.77. The predicted octanol–water partition coefficient (Wildman–Crippen LogP) is 2.91. The molecule has 2 N–H and O–H groups in total. The number of hydrogen-bond donors (Lipinski definition) is 2. The second-order valence-electron chi connectivity index (χ2n) is 6.29. The molecule has 154 valence electrons. The molecule has 8 nitrogen and oxygen atoms in total. The van der Waals surface area contributed by atoms with Gasteiger partial charge in [-0.1, -0.05) is 30.3 Å². The number of imide groups is 1. The first-order valence-corrected chi connectivity index (χ1v) is 9.31. The summed E-state index contributed by atoms with van der Waals surface area (Å²) in [5.41, 5.74) is 2.24. The van der Waals surface area contributed by atoms with Crippen LogP contribution in [-0.4, -0.2) is 43.2 Å². The van der Waals surface area contributed by atoms with Gasteiger partial charge in [0.1, 0.15) is 5.75 Å². The molecule has 3 aromatic rings. The molecule has 30 heavy (non-hydrogen) atoms. The topological polar surface area (TPSA) is 107 Å². The van der Waals surface area contributed by atoms with E-state index >= 15 is 0 Å². The van der Waals surface area contributed by atoms with Crippen molar-refractivity contribution in [1.82, 2.24) is 15.6 Å². The normalized spacial score (nSPS) is 10.3. The van der Waals surface area contributed by atoms with Crippen LogP contribution in [0.2, 0.25) is 0 Å². The number of nitrogens with one attached hydrogen (secondary N) is 2. The maximum Gasteiger partial charge on any atom is 0.339 e. The summed E-state index contributed by atoms with van der Waals surface area (Å²) in [6.07, 6.45) is 0. The number of esters is 1. The van der Waals surface area contributed by atoms with E-state index in [0.717, 1.165) is 5.56 Å². The van der Waals surface area contributed by atoms with Gasteiger partial charge >= 0.3 is 12.0 Å². The molecule has 0 unspecified atom stereocenters. The van der Waals surface area contributed by atoms with Crippen LogP contribution in [0.1, 0.15) is 17.3 Å². The third-order valence-electron chi connectivity index (χ3n) is 4.23. The summed E-state index contributed by atoms with van der Waals surface area (Å²) in [5, 5.41) is 5.04. The fourth-order valence-electron chi connectivity index (χ4n) is 2.83. The van der Waals surface area contributed by atoms with Crippen molar-refractivity contribution >= 4 is 28.8 Å². The highest BCUT2D eigenvalue weighted by Gasteiger charge is 2.18. The first kappa shape index (κ1) is 20.8. The number of nitrogens with zero attached hydrogens (tertiary/aromatic N) is 1. The fourth-order valence-corrected chi connectivity index (χ4v) is 2.83. The lowest BCUT2D eigenvalue weighted by atomic mass is 10.0. The van der Waals surface area contributed by atoms with Crippen LogP contribution in [0.4, 0.5) is 4.79 Å². The van der Waals surface area contributed by atoms with Crippen LogP contribution in [-0.2, 0) is 9.53 Å². The lowest BCUT2D eigenvalue weighted by Gasteiger charge is -2.11. The summed E-state index contributed by atoms with van der Waals surface area (Å²) in [5.74, 6) is -0.882. The van der Waals surface area contributed by atoms with Crippen molar-refractivity contribution in [3.63, 3.8) is 0 Å². The largest absolute Gasteiger partial charge is 0.497 e. The van der Waals surface area contributed by atoms with E-state index in [1.54, 1.807) is 31.2 Å². The molecule has 1 heterocycles. The molecule has 0 saturated heterocycles. The molecular formula is C22H21N3O5. The smallest absolute Gasteiger partial charge is 0.339 e. The number of fused-ring (bicyclic) bond motifs is 1. The van der Waals surface area contributed by atoms with E-state index < -0.39 is 24.5 Å². The number of carbonyl (C=O) groups excluding carboxylic acids is 3. The van der Waals surface area contributed by atoms with Gasteiger partial charge in [0, 0.05) is 17.5 Å². The van der Waals surface area contributed by atoms with Crippen molar-refractivity contribution in [1.29, 1.82) is 0 Å². The number of methoxy groups -OCH3 is 1. The van der Waals surface area contributed by atoms with Crippen molar-refractivity contribution in [2.75, 3.05) is 20.3 Å². The third-order valence-corrected chi connectivity index (χ3v) is 4.23. The molecule has 0 fully saturated rings. The molecular weight excluding hydrogens is 386 g/mol. The Balaban J connectivity index is 1.91. The van der Waals surface area contributed by atoms with Crippen LogP contribution in [0.3, 0.4) is 0 Å². The van der Waals surface area contributed by atoms with Gasteiger partial charge in [-0.25, -0.2) is 14.6 Å². The van der Waals surface area contributed by atoms with Crippen LogP contribution in [0, 0.1) is 0 Å². The molecule has 0 saturated carbocycles. The average molecular weight is 407 g/mol. The quantitative estimate of drug-likeness (QED) is 0.609. The van der Waals surface area contributed by atoms with Gasteiger partial charge in [0.2, 0.25) is 0 Å². The van der Waals surface area contributed by atoms with Gasteiger partial charge in [0.05, 0.1) is 23.9 Å². The van der Waals surface area contributed by atoms with Gasteiger partial charge in [-0.2, -0.15) is 0 Å². The maximum absolute atomic E-state index is 12.8. The number of pyridine rings is 1. The van der Waals surface area contributed by atoms with Crippen molar-refractivity contribution < 1.29 is 23.9 Å². The SMILES string of the molecule is CCNC(=O)NC(=O)COC(=O)c1cc(-c2ccccc2)nc2ccc(OC)cc12. The Bertz CT molecular complexity index is 1080. The molecule has 0 aliphatic rings. The monoisotopic (exact) mass is 407 g/mol. The van der Waals surface area contributed by atoms with Gasteiger partial charge in [-0.05, 0) is 31.2 Å². The number of benzene rings is 2. The fraction of sp³-hybridized carbons (Fsp3) is 0.182. The summed E-state index contributed by atoms with van der Waals surface area (Å²) in [6.45, 7) is 1.49. The molecule has 0 radical (unpaired) electrons. The molecule has 2 aromatic carbocycles. The highest BCUT2D eigenvalue weighted by atomic mass is 16.5. The number of rotatable bonds is 6. The molecule has 3 amide bonds. The molecule has 0 spiro atoms. The van der Waals surface area contributed by atoms with Crippen LogP contribution in [0.25, 0.3) is 22.2 Å². The van der Waals surface area contributed by atoms with Gasteiger partial charge < -0.3 is 14.8 Å². The number of aromatic nitrogens is 1. The highest BCUT2D eigenvalue weighted by molar-refractivity contribution is 6.06. The summed E-state index contributed by atoms with van der Waals surface area (Å²) < 4.78 is 10.4. The Kier molecular flexibility index (Phi) is 6.59. The minimum absolute atomic E-state index is 0.239. The standard InChI is InChI=1S/C22H21N3O5/c1-3-23-22(28)25-20(26)13-30-21(27)17-12-19(14-7-5-4-6-8-14)24-18-10-9-15(29-2)11-16(17)18/h4-12H,3,13H2,1-2H3,(H2,23,25,26,28). The van der Waals surface area contributed by atoms with E-state index in [1.165, 1.54) is 7.11 Å². The minimum atomic E-state index is -0.728. The number of urea groups is 1. The predicted molar refractivity (Wildman–Crippen MR) is 111 cm³/mol. The number of ether oxygens (including phenoxy) is 2. The van der Waals surface area contributed by atoms with Crippen LogP contribution in [0.15, 0.2) is 54.6 Å². The number of hydrogen-bond acceptors (Lipinski definition) is 6. The Labute approximate surface area is 173 Å². The Morgan fingerprint density at radius 1 is 1.03 bits per heavy atom. The van der Waals surface area contributed by atoms with E-state index in [-0.39, 0.29) is 5.56 Å².